The Morgan fingerprint density at radius 3 is 2.48 bits per heavy atom. The molecule has 0 saturated carbocycles. The summed E-state index contributed by atoms with van der Waals surface area (Å²) in [6.45, 7) is 6.21. The first-order valence-electron chi connectivity index (χ1n) is 9.07. The van der Waals surface area contributed by atoms with Crippen molar-refractivity contribution in [2.45, 2.75) is 38.2 Å². The van der Waals surface area contributed by atoms with E-state index in [1.807, 2.05) is 0 Å². The molecule has 0 radical (unpaired) electrons. The standard InChI is InChI=1S/C17H35N3O4.HI/c1-18-17(19-8-3-4-10-22-14-13-21-2)20-9-6-11-23-15-16-7-5-12-24-16;/h16H,3-15H2,1-2H3,(H2,18,19,20);1H. The second kappa shape index (κ2) is 18.6. The fourth-order valence-electron chi connectivity index (χ4n) is 2.37. The fourth-order valence-corrected chi connectivity index (χ4v) is 2.37. The van der Waals surface area contributed by atoms with E-state index in [-0.39, 0.29) is 24.0 Å². The Morgan fingerprint density at radius 1 is 1.04 bits per heavy atom. The Balaban J connectivity index is 0.00000576. The van der Waals surface area contributed by atoms with Gasteiger partial charge in [0.25, 0.3) is 0 Å². The zero-order chi connectivity index (χ0) is 17.3. The van der Waals surface area contributed by atoms with Gasteiger partial charge in [-0.2, -0.15) is 0 Å². The minimum Gasteiger partial charge on any atom is -0.382 e. The first-order chi connectivity index (χ1) is 11.9. The fraction of sp³-hybridized carbons (Fsp3) is 0.941. The highest BCUT2D eigenvalue weighted by atomic mass is 127. The Labute approximate surface area is 169 Å². The summed E-state index contributed by atoms with van der Waals surface area (Å²) in [5, 5.41) is 6.60. The lowest BCUT2D eigenvalue weighted by molar-refractivity contribution is 0.0168. The normalized spacial score (nSPS) is 17.4. The van der Waals surface area contributed by atoms with E-state index in [1.165, 1.54) is 0 Å². The average Bonchev–Trinajstić information content (AvgIpc) is 3.11. The molecular formula is C17H36IN3O4. The number of methoxy groups -OCH3 is 1. The highest BCUT2D eigenvalue weighted by molar-refractivity contribution is 14.0. The highest BCUT2D eigenvalue weighted by Crippen LogP contribution is 2.11. The number of guanidine groups is 1. The monoisotopic (exact) mass is 473 g/mol. The molecule has 7 nitrogen and oxygen atoms in total. The van der Waals surface area contributed by atoms with Crippen molar-refractivity contribution in [3.8, 4) is 0 Å². The predicted octanol–water partition coefficient (Wildman–Crippen LogP) is 1.80. The lowest BCUT2D eigenvalue weighted by atomic mass is 10.2. The van der Waals surface area contributed by atoms with Gasteiger partial charge in [0.05, 0.1) is 25.9 Å². The lowest BCUT2D eigenvalue weighted by Gasteiger charge is -2.13. The number of ether oxygens (including phenoxy) is 4. The molecule has 0 aromatic carbocycles. The van der Waals surface area contributed by atoms with Gasteiger partial charge in [-0.1, -0.05) is 0 Å². The highest BCUT2D eigenvalue weighted by Gasteiger charge is 2.14. The molecule has 1 saturated heterocycles. The topological polar surface area (TPSA) is 73.3 Å². The van der Waals surface area contributed by atoms with Crippen LogP contribution in [0.15, 0.2) is 4.99 Å². The molecule has 0 amide bonds. The number of nitrogens with one attached hydrogen (secondary N) is 2. The summed E-state index contributed by atoms with van der Waals surface area (Å²) < 4.78 is 21.5. The van der Waals surface area contributed by atoms with Crippen LogP contribution in [0.25, 0.3) is 0 Å². The van der Waals surface area contributed by atoms with Gasteiger partial charge in [-0.05, 0) is 32.1 Å². The molecular weight excluding hydrogens is 437 g/mol. The van der Waals surface area contributed by atoms with Gasteiger partial charge in [0.1, 0.15) is 0 Å². The zero-order valence-electron chi connectivity index (χ0n) is 15.8. The zero-order valence-corrected chi connectivity index (χ0v) is 18.1. The van der Waals surface area contributed by atoms with Gasteiger partial charge in [-0.25, -0.2) is 0 Å². The van der Waals surface area contributed by atoms with Crippen LogP contribution in [0.2, 0.25) is 0 Å². The number of nitrogens with zero attached hydrogens (tertiary/aromatic N) is 1. The van der Waals surface area contributed by atoms with E-state index in [1.54, 1.807) is 14.2 Å². The summed E-state index contributed by atoms with van der Waals surface area (Å²) in [4.78, 5) is 4.21. The van der Waals surface area contributed by atoms with Crippen LogP contribution in [-0.2, 0) is 18.9 Å². The van der Waals surface area contributed by atoms with Crippen LogP contribution in [0.3, 0.4) is 0 Å². The molecule has 0 aliphatic carbocycles. The van der Waals surface area contributed by atoms with E-state index >= 15 is 0 Å². The maximum Gasteiger partial charge on any atom is 0.190 e. The molecule has 150 valence electrons. The molecule has 1 rings (SSSR count). The summed E-state index contributed by atoms with van der Waals surface area (Å²) in [6.07, 6.45) is 5.65. The summed E-state index contributed by atoms with van der Waals surface area (Å²) in [7, 11) is 3.47. The van der Waals surface area contributed by atoms with Crippen LogP contribution in [-0.4, -0.2) is 79.0 Å². The molecule has 0 aromatic rings. The van der Waals surface area contributed by atoms with Crippen molar-refractivity contribution in [3.63, 3.8) is 0 Å². The Hall–Kier alpha value is -0.160. The molecule has 1 unspecified atom stereocenters. The van der Waals surface area contributed by atoms with Crippen LogP contribution in [0, 0.1) is 0 Å². The minimum absolute atomic E-state index is 0. The van der Waals surface area contributed by atoms with E-state index in [9.17, 15) is 0 Å². The van der Waals surface area contributed by atoms with Gasteiger partial charge in [0.15, 0.2) is 5.96 Å². The van der Waals surface area contributed by atoms with E-state index in [2.05, 4.69) is 15.6 Å². The van der Waals surface area contributed by atoms with Crippen molar-refractivity contribution < 1.29 is 18.9 Å². The first kappa shape index (κ1) is 24.8. The molecule has 0 bridgehead atoms. The average molecular weight is 473 g/mol. The van der Waals surface area contributed by atoms with Crippen molar-refractivity contribution in [2.24, 2.45) is 4.99 Å². The van der Waals surface area contributed by atoms with Gasteiger partial charge in [0, 0.05) is 47.1 Å². The largest absolute Gasteiger partial charge is 0.382 e. The smallest absolute Gasteiger partial charge is 0.190 e. The summed E-state index contributed by atoms with van der Waals surface area (Å²) in [6, 6.07) is 0. The lowest BCUT2D eigenvalue weighted by Crippen LogP contribution is -2.38. The van der Waals surface area contributed by atoms with Gasteiger partial charge in [-0.3, -0.25) is 4.99 Å². The van der Waals surface area contributed by atoms with Crippen molar-refractivity contribution in [1.29, 1.82) is 0 Å². The minimum atomic E-state index is 0. The van der Waals surface area contributed by atoms with Crippen molar-refractivity contribution in [3.05, 3.63) is 0 Å². The number of unbranched alkanes of at least 4 members (excludes halogenated alkanes) is 1. The van der Waals surface area contributed by atoms with E-state index in [0.717, 1.165) is 77.6 Å². The Bertz CT molecular complexity index is 316. The number of aliphatic imine (C=N–C) groups is 1. The molecule has 1 fully saturated rings. The number of hydrogen-bond acceptors (Lipinski definition) is 5. The molecule has 1 aliphatic heterocycles. The third-order valence-electron chi connectivity index (χ3n) is 3.75. The van der Waals surface area contributed by atoms with E-state index < -0.39 is 0 Å². The van der Waals surface area contributed by atoms with Crippen molar-refractivity contribution >= 4 is 29.9 Å². The molecule has 25 heavy (non-hydrogen) atoms. The molecule has 1 atom stereocenters. The number of rotatable bonds is 14. The van der Waals surface area contributed by atoms with Gasteiger partial charge >= 0.3 is 0 Å². The molecule has 1 heterocycles. The predicted molar refractivity (Wildman–Crippen MR) is 111 cm³/mol. The molecule has 1 aliphatic rings. The van der Waals surface area contributed by atoms with Crippen LogP contribution < -0.4 is 10.6 Å². The third-order valence-corrected chi connectivity index (χ3v) is 3.75. The first-order valence-corrected chi connectivity index (χ1v) is 9.07. The van der Waals surface area contributed by atoms with Crippen molar-refractivity contribution in [1.82, 2.24) is 10.6 Å². The Kier molecular flexibility index (Phi) is 18.5. The maximum absolute atomic E-state index is 5.64. The Morgan fingerprint density at radius 2 is 1.80 bits per heavy atom. The second-order valence-electron chi connectivity index (χ2n) is 5.80. The molecule has 0 spiro atoms. The van der Waals surface area contributed by atoms with Crippen LogP contribution in [0.5, 0.6) is 0 Å². The molecule has 0 aromatic heterocycles. The van der Waals surface area contributed by atoms with E-state index in [0.29, 0.717) is 19.3 Å². The molecule has 2 N–H and O–H groups in total. The summed E-state index contributed by atoms with van der Waals surface area (Å²) in [5.41, 5.74) is 0. The van der Waals surface area contributed by atoms with Crippen LogP contribution in [0.4, 0.5) is 0 Å². The van der Waals surface area contributed by atoms with Gasteiger partial charge < -0.3 is 29.6 Å². The van der Waals surface area contributed by atoms with Crippen LogP contribution >= 0.6 is 24.0 Å². The maximum atomic E-state index is 5.64. The quantitative estimate of drug-likeness (QED) is 0.174. The molecule has 8 heteroatoms. The van der Waals surface area contributed by atoms with Crippen LogP contribution in [0.1, 0.15) is 32.1 Å². The van der Waals surface area contributed by atoms with Crippen molar-refractivity contribution in [2.75, 3.05) is 66.9 Å². The summed E-state index contributed by atoms with van der Waals surface area (Å²) in [5.74, 6) is 0.842. The second-order valence-corrected chi connectivity index (χ2v) is 5.80. The summed E-state index contributed by atoms with van der Waals surface area (Å²) >= 11 is 0. The van der Waals surface area contributed by atoms with Gasteiger partial charge in [0.2, 0.25) is 0 Å². The number of hydrogen-bond donors (Lipinski definition) is 2. The van der Waals surface area contributed by atoms with E-state index in [4.69, 9.17) is 18.9 Å². The SMILES string of the molecule is CN=C(NCCCCOCCOC)NCCCOCC1CCCO1.I. The third kappa shape index (κ3) is 14.7. The number of halogens is 1. The van der Waals surface area contributed by atoms with Gasteiger partial charge in [-0.15, -0.1) is 24.0 Å².